The molecule has 1 aromatic rings. The minimum absolute atomic E-state index is 0.223. The Morgan fingerprint density at radius 1 is 1.45 bits per heavy atom. The average molecular weight is 304 g/mol. The molecule has 2 fully saturated rings. The van der Waals surface area contributed by atoms with Crippen LogP contribution >= 0.6 is 0 Å². The van der Waals surface area contributed by atoms with Crippen molar-refractivity contribution >= 4 is 6.09 Å². The fourth-order valence-electron chi connectivity index (χ4n) is 3.54. The van der Waals surface area contributed by atoms with Gasteiger partial charge in [0.25, 0.3) is 0 Å². The molecule has 2 saturated heterocycles. The summed E-state index contributed by atoms with van der Waals surface area (Å²) in [6, 6.07) is 7.84. The summed E-state index contributed by atoms with van der Waals surface area (Å²) in [4.78, 5) is 14.2. The van der Waals surface area contributed by atoms with Crippen LogP contribution in [0.3, 0.4) is 0 Å². The molecule has 0 spiro atoms. The molecule has 1 amide bonds. The van der Waals surface area contributed by atoms with E-state index in [1.54, 1.807) is 7.11 Å². The number of cyclic esters (lactones) is 1. The second-order valence-electron chi connectivity index (χ2n) is 6.35. The Kier molecular flexibility index (Phi) is 4.25. The molecular weight excluding hydrogens is 280 g/mol. The van der Waals surface area contributed by atoms with E-state index < -0.39 is 0 Å². The molecule has 1 N–H and O–H groups in total. The molecule has 1 aromatic carbocycles. The van der Waals surface area contributed by atoms with E-state index in [0.717, 1.165) is 37.2 Å². The zero-order chi connectivity index (χ0) is 15.6. The van der Waals surface area contributed by atoms with Crippen LogP contribution in [0.1, 0.15) is 25.3 Å². The van der Waals surface area contributed by atoms with Gasteiger partial charge in [-0.1, -0.05) is 18.2 Å². The summed E-state index contributed by atoms with van der Waals surface area (Å²) in [7, 11) is 1.66. The van der Waals surface area contributed by atoms with E-state index in [2.05, 4.69) is 12.2 Å². The molecule has 0 aliphatic carbocycles. The van der Waals surface area contributed by atoms with Gasteiger partial charge < -0.3 is 14.8 Å². The minimum Gasteiger partial charge on any atom is -0.496 e. The molecule has 2 atom stereocenters. The van der Waals surface area contributed by atoms with Gasteiger partial charge in [-0.2, -0.15) is 0 Å². The lowest BCUT2D eigenvalue weighted by Crippen LogP contribution is -2.54. The van der Waals surface area contributed by atoms with Crippen molar-refractivity contribution in [2.24, 2.45) is 5.92 Å². The van der Waals surface area contributed by atoms with Crippen molar-refractivity contribution in [3.05, 3.63) is 29.8 Å². The van der Waals surface area contributed by atoms with E-state index in [-0.39, 0.29) is 11.6 Å². The van der Waals surface area contributed by atoms with Crippen LogP contribution in [-0.4, -0.2) is 43.3 Å². The molecule has 0 radical (unpaired) electrons. The van der Waals surface area contributed by atoms with Crippen molar-refractivity contribution in [3.63, 3.8) is 0 Å². The lowest BCUT2D eigenvalue weighted by atomic mass is 9.80. The van der Waals surface area contributed by atoms with Crippen LogP contribution in [0, 0.1) is 5.92 Å². The second-order valence-corrected chi connectivity index (χ2v) is 6.35. The summed E-state index contributed by atoms with van der Waals surface area (Å²) in [5.74, 6) is 1.23. The summed E-state index contributed by atoms with van der Waals surface area (Å²) >= 11 is 0. The first-order valence-corrected chi connectivity index (χ1v) is 7.92. The highest BCUT2D eigenvalue weighted by Crippen LogP contribution is 2.37. The first-order chi connectivity index (χ1) is 10.6. The molecule has 0 aromatic heterocycles. The molecule has 2 heterocycles. The number of hydrogen-bond donors (Lipinski definition) is 1. The number of nitrogens with zero attached hydrogens (tertiary/aromatic N) is 1. The lowest BCUT2D eigenvalue weighted by molar-refractivity contribution is 0.0917. The number of carbonyl (C=O) groups excluding carboxylic acids is 1. The van der Waals surface area contributed by atoms with E-state index in [1.165, 1.54) is 0 Å². The maximum Gasteiger partial charge on any atom is 0.410 e. The van der Waals surface area contributed by atoms with E-state index in [1.807, 2.05) is 29.2 Å². The molecule has 0 saturated carbocycles. The molecule has 3 rings (SSSR count). The van der Waals surface area contributed by atoms with Crippen molar-refractivity contribution in [2.75, 3.05) is 26.8 Å². The first kappa shape index (κ1) is 15.2. The summed E-state index contributed by atoms with van der Waals surface area (Å²) in [6.45, 7) is 5.14. The van der Waals surface area contributed by atoms with Crippen molar-refractivity contribution in [2.45, 2.75) is 31.8 Å². The number of carbonyl (C=O) groups is 1. The summed E-state index contributed by atoms with van der Waals surface area (Å²) < 4.78 is 10.8. The predicted molar refractivity (Wildman–Crippen MR) is 83.9 cm³/mol. The number of piperidine rings is 1. The SMILES string of the molecule is COc1ccccc1CN1C(=O)OCC1(C)C1CCCNC1. The Morgan fingerprint density at radius 3 is 3.00 bits per heavy atom. The van der Waals surface area contributed by atoms with Gasteiger partial charge in [0.15, 0.2) is 0 Å². The molecule has 2 aliphatic heterocycles. The number of ether oxygens (including phenoxy) is 2. The third-order valence-corrected chi connectivity index (χ3v) is 5.02. The van der Waals surface area contributed by atoms with Crippen LogP contribution in [0.4, 0.5) is 4.79 Å². The van der Waals surface area contributed by atoms with Gasteiger partial charge in [-0.05, 0) is 38.3 Å². The van der Waals surface area contributed by atoms with Crippen LogP contribution in [-0.2, 0) is 11.3 Å². The highest BCUT2D eigenvalue weighted by molar-refractivity contribution is 5.71. The minimum atomic E-state index is -0.259. The van der Waals surface area contributed by atoms with Gasteiger partial charge in [-0.25, -0.2) is 4.79 Å². The molecule has 120 valence electrons. The van der Waals surface area contributed by atoms with Gasteiger partial charge in [-0.15, -0.1) is 0 Å². The van der Waals surface area contributed by atoms with Gasteiger partial charge in [0.1, 0.15) is 12.4 Å². The highest BCUT2D eigenvalue weighted by atomic mass is 16.6. The van der Waals surface area contributed by atoms with E-state index >= 15 is 0 Å². The second kappa shape index (κ2) is 6.16. The number of methoxy groups -OCH3 is 1. The zero-order valence-corrected chi connectivity index (χ0v) is 13.3. The smallest absolute Gasteiger partial charge is 0.410 e. The van der Waals surface area contributed by atoms with Crippen LogP contribution in [0.2, 0.25) is 0 Å². The quantitative estimate of drug-likeness (QED) is 0.928. The third kappa shape index (κ3) is 2.65. The molecule has 22 heavy (non-hydrogen) atoms. The van der Waals surface area contributed by atoms with Crippen LogP contribution in [0.5, 0.6) is 5.75 Å². The predicted octanol–water partition coefficient (Wildman–Crippen LogP) is 2.41. The van der Waals surface area contributed by atoms with Crippen LogP contribution in [0.25, 0.3) is 0 Å². The largest absolute Gasteiger partial charge is 0.496 e. The van der Waals surface area contributed by atoms with Crippen molar-refractivity contribution < 1.29 is 14.3 Å². The monoisotopic (exact) mass is 304 g/mol. The Bertz CT molecular complexity index is 542. The summed E-state index contributed by atoms with van der Waals surface area (Å²) in [5.41, 5.74) is 0.754. The number of para-hydroxylation sites is 1. The topological polar surface area (TPSA) is 50.8 Å². The number of benzene rings is 1. The Labute approximate surface area is 131 Å². The van der Waals surface area contributed by atoms with E-state index in [0.29, 0.717) is 19.1 Å². The Morgan fingerprint density at radius 2 is 2.27 bits per heavy atom. The maximum atomic E-state index is 12.3. The molecule has 2 unspecified atom stereocenters. The van der Waals surface area contributed by atoms with E-state index in [9.17, 15) is 4.79 Å². The van der Waals surface area contributed by atoms with Crippen molar-refractivity contribution in [1.82, 2.24) is 10.2 Å². The fourth-order valence-corrected chi connectivity index (χ4v) is 3.54. The van der Waals surface area contributed by atoms with Gasteiger partial charge in [0.05, 0.1) is 19.2 Å². The summed E-state index contributed by atoms with van der Waals surface area (Å²) in [6.07, 6.45) is 2.05. The average Bonchev–Trinajstić information content (AvgIpc) is 2.86. The zero-order valence-electron chi connectivity index (χ0n) is 13.3. The normalized spacial score (nSPS) is 28.5. The molecule has 5 heteroatoms. The van der Waals surface area contributed by atoms with Crippen molar-refractivity contribution in [3.8, 4) is 5.75 Å². The molecule has 2 aliphatic rings. The Balaban J connectivity index is 1.84. The van der Waals surface area contributed by atoms with Crippen molar-refractivity contribution in [1.29, 1.82) is 0 Å². The molecule has 0 bridgehead atoms. The van der Waals surface area contributed by atoms with Crippen LogP contribution < -0.4 is 10.1 Å². The van der Waals surface area contributed by atoms with Gasteiger partial charge >= 0.3 is 6.09 Å². The number of rotatable bonds is 4. The van der Waals surface area contributed by atoms with E-state index in [4.69, 9.17) is 9.47 Å². The number of hydrogen-bond acceptors (Lipinski definition) is 4. The summed E-state index contributed by atoms with van der Waals surface area (Å²) in [5, 5.41) is 3.44. The molecular formula is C17H24N2O3. The Hall–Kier alpha value is -1.75. The van der Waals surface area contributed by atoms with Crippen LogP contribution in [0.15, 0.2) is 24.3 Å². The standard InChI is InChI=1S/C17H24N2O3/c1-17(14-7-5-9-18-10-14)12-22-16(20)19(17)11-13-6-3-4-8-15(13)21-2/h3-4,6,8,14,18H,5,7,9-12H2,1-2H3. The third-order valence-electron chi connectivity index (χ3n) is 5.02. The lowest BCUT2D eigenvalue weighted by Gasteiger charge is -2.41. The van der Waals surface area contributed by atoms with Gasteiger partial charge in [0, 0.05) is 12.1 Å². The fraction of sp³-hybridized carbons (Fsp3) is 0.588. The number of nitrogens with one attached hydrogen (secondary N) is 1. The first-order valence-electron chi connectivity index (χ1n) is 7.92. The maximum absolute atomic E-state index is 12.3. The molecule has 5 nitrogen and oxygen atoms in total. The van der Waals surface area contributed by atoms with Gasteiger partial charge in [0.2, 0.25) is 0 Å². The highest BCUT2D eigenvalue weighted by Gasteiger charge is 2.49. The van der Waals surface area contributed by atoms with Gasteiger partial charge in [-0.3, -0.25) is 4.90 Å². The number of amides is 1.